The van der Waals surface area contributed by atoms with Gasteiger partial charge in [-0.1, -0.05) is 12.8 Å². The lowest BCUT2D eigenvalue weighted by atomic mass is 9.79. The summed E-state index contributed by atoms with van der Waals surface area (Å²) in [4.78, 5) is 0. The van der Waals surface area contributed by atoms with Crippen molar-refractivity contribution in [2.75, 3.05) is 18.8 Å². The van der Waals surface area contributed by atoms with Crippen LogP contribution in [0.1, 0.15) is 44.9 Å². The van der Waals surface area contributed by atoms with E-state index in [1.807, 2.05) is 0 Å². The van der Waals surface area contributed by atoms with E-state index in [0.717, 1.165) is 13.1 Å². The lowest BCUT2D eigenvalue weighted by Gasteiger charge is -2.36. The second-order valence-corrected chi connectivity index (χ2v) is 7.67. The van der Waals surface area contributed by atoms with Gasteiger partial charge in [0, 0.05) is 12.1 Å². The molecule has 1 saturated carbocycles. The second kappa shape index (κ2) is 7.02. The highest BCUT2D eigenvalue weighted by Gasteiger charge is 2.32. The standard InChI is InChI=1S/C13H27N3O2S/c14-19(17,18)10-4-9-16-12-6-2-1-5-11(12)13-7-3-8-15-13/h11-13,15-16H,1-10H2,(H2,14,17,18). The van der Waals surface area contributed by atoms with E-state index in [1.165, 1.54) is 38.5 Å². The van der Waals surface area contributed by atoms with Crippen LogP contribution in [0.4, 0.5) is 0 Å². The first-order valence-electron chi connectivity index (χ1n) is 7.53. The minimum atomic E-state index is -3.31. The summed E-state index contributed by atoms with van der Waals surface area (Å²) in [6.45, 7) is 1.91. The van der Waals surface area contributed by atoms with Gasteiger partial charge < -0.3 is 10.6 Å². The Kier molecular flexibility index (Phi) is 5.62. The second-order valence-electron chi connectivity index (χ2n) is 5.93. The predicted molar refractivity (Wildman–Crippen MR) is 77.4 cm³/mol. The van der Waals surface area contributed by atoms with Crippen molar-refractivity contribution < 1.29 is 8.42 Å². The molecule has 0 aromatic heterocycles. The minimum Gasteiger partial charge on any atom is -0.314 e. The zero-order chi connectivity index (χ0) is 13.7. The van der Waals surface area contributed by atoms with Crippen LogP contribution in [-0.4, -0.2) is 39.3 Å². The Hall–Kier alpha value is -0.170. The number of hydrogen-bond donors (Lipinski definition) is 3. The monoisotopic (exact) mass is 289 g/mol. The first kappa shape index (κ1) is 15.2. The van der Waals surface area contributed by atoms with Crippen LogP contribution < -0.4 is 15.8 Å². The lowest BCUT2D eigenvalue weighted by Crippen LogP contribution is -2.47. The molecular formula is C13H27N3O2S. The Morgan fingerprint density at radius 3 is 2.63 bits per heavy atom. The van der Waals surface area contributed by atoms with Crippen molar-refractivity contribution in [3.05, 3.63) is 0 Å². The van der Waals surface area contributed by atoms with Crippen molar-refractivity contribution in [2.45, 2.75) is 57.0 Å². The molecule has 0 radical (unpaired) electrons. The van der Waals surface area contributed by atoms with E-state index in [0.29, 0.717) is 24.4 Å². The number of hydrogen-bond acceptors (Lipinski definition) is 4. The summed E-state index contributed by atoms with van der Waals surface area (Å²) in [5.41, 5.74) is 0. The maximum Gasteiger partial charge on any atom is 0.209 e. The normalized spacial score (nSPS) is 32.6. The first-order chi connectivity index (χ1) is 9.06. The number of nitrogens with one attached hydrogen (secondary N) is 2. The smallest absolute Gasteiger partial charge is 0.209 e. The van der Waals surface area contributed by atoms with E-state index in [4.69, 9.17) is 5.14 Å². The maximum atomic E-state index is 10.9. The number of nitrogens with two attached hydrogens (primary N) is 1. The quantitative estimate of drug-likeness (QED) is 0.624. The molecule has 2 rings (SSSR count). The molecular weight excluding hydrogens is 262 g/mol. The average Bonchev–Trinajstić information content (AvgIpc) is 2.88. The molecule has 2 aliphatic rings. The molecule has 3 atom stereocenters. The SMILES string of the molecule is NS(=O)(=O)CCCNC1CCCCC1C1CCCN1. The van der Waals surface area contributed by atoms with E-state index in [2.05, 4.69) is 10.6 Å². The third kappa shape index (κ3) is 5.02. The van der Waals surface area contributed by atoms with Gasteiger partial charge in [-0.15, -0.1) is 0 Å². The zero-order valence-corrected chi connectivity index (χ0v) is 12.4. The van der Waals surface area contributed by atoms with E-state index in [1.54, 1.807) is 0 Å². The van der Waals surface area contributed by atoms with Crippen molar-refractivity contribution in [3.8, 4) is 0 Å². The number of primary sulfonamides is 1. The van der Waals surface area contributed by atoms with Gasteiger partial charge in [0.2, 0.25) is 10.0 Å². The fourth-order valence-corrected chi connectivity index (χ4v) is 4.08. The Morgan fingerprint density at radius 2 is 1.95 bits per heavy atom. The highest BCUT2D eigenvalue weighted by atomic mass is 32.2. The molecule has 1 aliphatic heterocycles. The Morgan fingerprint density at radius 1 is 1.16 bits per heavy atom. The van der Waals surface area contributed by atoms with Crippen LogP contribution in [0, 0.1) is 5.92 Å². The van der Waals surface area contributed by atoms with Crippen LogP contribution in [0.5, 0.6) is 0 Å². The van der Waals surface area contributed by atoms with Gasteiger partial charge >= 0.3 is 0 Å². The van der Waals surface area contributed by atoms with Crippen LogP contribution >= 0.6 is 0 Å². The molecule has 4 N–H and O–H groups in total. The van der Waals surface area contributed by atoms with Crippen LogP contribution in [0.25, 0.3) is 0 Å². The highest BCUT2D eigenvalue weighted by Crippen LogP contribution is 2.30. The van der Waals surface area contributed by atoms with Crippen LogP contribution in [0.3, 0.4) is 0 Å². The largest absolute Gasteiger partial charge is 0.314 e. The van der Waals surface area contributed by atoms with Gasteiger partial charge in [0.25, 0.3) is 0 Å². The Labute approximate surface area is 116 Å². The molecule has 0 aromatic carbocycles. The van der Waals surface area contributed by atoms with Crippen LogP contribution in [-0.2, 0) is 10.0 Å². The summed E-state index contributed by atoms with van der Waals surface area (Å²) >= 11 is 0. The van der Waals surface area contributed by atoms with Gasteiger partial charge in [0.15, 0.2) is 0 Å². The molecule has 1 aliphatic carbocycles. The van der Waals surface area contributed by atoms with Crippen molar-refractivity contribution >= 4 is 10.0 Å². The van der Waals surface area contributed by atoms with Crippen LogP contribution in [0.2, 0.25) is 0 Å². The Bertz CT molecular complexity index is 366. The van der Waals surface area contributed by atoms with Crippen molar-refractivity contribution in [1.29, 1.82) is 0 Å². The summed E-state index contributed by atoms with van der Waals surface area (Å²) in [7, 11) is -3.31. The predicted octanol–water partition coefficient (Wildman–Crippen LogP) is 0.565. The number of rotatable bonds is 6. The van der Waals surface area contributed by atoms with Gasteiger partial charge in [-0.2, -0.15) is 0 Å². The number of sulfonamides is 1. The molecule has 0 bridgehead atoms. The van der Waals surface area contributed by atoms with Gasteiger partial charge in [-0.05, 0) is 51.1 Å². The summed E-state index contributed by atoms with van der Waals surface area (Å²) < 4.78 is 21.8. The van der Waals surface area contributed by atoms with Gasteiger partial charge in [-0.3, -0.25) is 0 Å². The fourth-order valence-electron chi connectivity index (χ4n) is 3.53. The van der Waals surface area contributed by atoms with E-state index >= 15 is 0 Å². The molecule has 19 heavy (non-hydrogen) atoms. The average molecular weight is 289 g/mol. The van der Waals surface area contributed by atoms with Gasteiger partial charge in [-0.25, -0.2) is 13.6 Å². The molecule has 1 saturated heterocycles. The summed E-state index contributed by atoms with van der Waals surface area (Å²) in [6, 6.07) is 1.21. The van der Waals surface area contributed by atoms with E-state index < -0.39 is 10.0 Å². The molecule has 3 unspecified atom stereocenters. The van der Waals surface area contributed by atoms with Crippen molar-refractivity contribution in [1.82, 2.24) is 10.6 Å². The van der Waals surface area contributed by atoms with Crippen LogP contribution in [0.15, 0.2) is 0 Å². The summed E-state index contributed by atoms with van der Waals surface area (Å²) in [5, 5.41) is 12.2. The van der Waals surface area contributed by atoms with E-state index in [9.17, 15) is 8.42 Å². The fraction of sp³-hybridized carbons (Fsp3) is 1.00. The zero-order valence-electron chi connectivity index (χ0n) is 11.6. The Balaban J connectivity index is 1.76. The first-order valence-corrected chi connectivity index (χ1v) is 9.25. The van der Waals surface area contributed by atoms with Crippen molar-refractivity contribution in [3.63, 3.8) is 0 Å². The molecule has 6 heteroatoms. The minimum absolute atomic E-state index is 0.0824. The molecule has 1 heterocycles. The molecule has 0 amide bonds. The summed E-state index contributed by atoms with van der Waals surface area (Å²) in [5.74, 6) is 0.796. The van der Waals surface area contributed by atoms with Crippen molar-refractivity contribution in [2.24, 2.45) is 11.1 Å². The van der Waals surface area contributed by atoms with Gasteiger partial charge in [0.1, 0.15) is 0 Å². The topological polar surface area (TPSA) is 84.2 Å². The third-order valence-electron chi connectivity index (χ3n) is 4.45. The lowest BCUT2D eigenvalue weighted by molar-refractivity contribution is 0.215. The molecule has 0 spiro atoms. The van der Waals surface area contributed by atoms with E-state index in [-0.39, 0.29) is 5.75 Å². The molecule has 2 fully saturated rings. The third-order valence-corrected chi connectivity index (χ3v) is 5.30. The summed E-state index contributed by atoms with van der Waals surface area (Å²) in [6.07, 6.45) is 8.33. The highest BCUT2D eigenvalue weighted by molar-refractivity contribution is 7.89. The maximum absolute atomic E-state index is 10.9. The van der Waals surface area contributed by atoms with Gasteiger partial charge in [0.05, 0.1) is 5.75 Å². The molecule has 112 valence electrons. The molecule has 0 aromatic rings. The molecule has 5 nitrogen and oxygen atoms in total.